The van der Waals surface area contributed by atoms with Crippen molar-refractivity contribution in [3.63, 3.8) is 0 Å². The molecule has 0 aromatic carbocycles. The second-order valence-electron chi connectivity index (χ2n) is 6.71. The summed E-state index contributed by atoms with van der Waals surface area (Å²) in [4.78, 5) is 17.3. The summed E-state index contributed by atoms with van der Waals surface area (Å²) in [6, 6.07) is 4.32. The molecule has 4 atom stereocenters. The molecule has 1 aliphatic heterocycles. The van der Waals surface area contributed by atoms with Crippen molar-refractivity contribution >= 4 is 17.2 Å². The minimum atomic E-state index is 0.195. The average Bonchev–Trinajstić information content (AvgIpc) is 3.13. The summed E-state index contributed by atoms with van der Waals surface area (Å²) >= 11 is 1.82. The van der Waals surface area contributed by atoms with Crippen molar-refractivity contribution in [2.45, 2.75) is 45.3 Å². The van der Waals surface area contributed by atoms with Crippen molar-refractivity contribution in [2.24, 2.45) is 5.92 Å². The van der Waals surface area contributed by atoms with Crippen molar-refractivity contribution in [3.8, 4) is 0 Å². The Morgan fingerprint density at radius 3 is 2.73 bits per heavy atom. The Bertz CT molecular complexity index is 520. The van der Waals surface area contributed by atoms with Crippen LogP contribution in [0.15, 0.2) is 12.1 Å². The molecule has 0 bridgehead atoms. The summed E-state index contributed by atoms with van der Waals surface area (Å²) in [7, 11) is 0. The lowest BCUT2D eigenvalue weighted by atomic mass is 10.2. The first kappa shape index (κ1) is 16.0. The Morgan fingerprint density at radius 2 is 2.09 bits per heavy atom. The standard InChI is InChI=1S/C17H26N2O2S/c1-11-9-19(10-12(2)21-11)7-6-18-17(20)15-8-14(15)16-5-4-13(3)22-16/h4-5,11-12,14-15H,6-10H2,1-3H3,(H,18,20)/t11-,12-,14+,15-/m0/s1. The Kier molecular flexibility index (Phi) is 4.85. The van der Waals surface area contributed by atoms with Gasteiger partial charge in [0.15, 0.2) is 0 Å². The lowest BCUT2D eigenvalue weighted by Gasteiger charge is -2.35. The Hall–Kier alpha value is -0.910. The van der Waals surface area contributed by atoms with E-state index in [2.05, 4.69) is 43.1 Å². The van der Waals surface area contributed by atoms with E-state index in [0.29, 0.717) is 5.92 Å². The van der Waals surface area contributed by atoms with Crippen LogP contribution in [-0.4, -0.2) is 49.2 Å². The molecule has 5 heteroatoms. The van der Waals surface area contributed by atoms with E-state index in [4.69, 9.17) is 4.74 Å². The van der Waals surface area contributed by atoms with E-state index in [1.165, 1.54) is 9.75 Å². The molecule has 1 aromatic rings. The van der Waals surface area contributed by atoms with Crippen LogP contribution in [0.2, 0.25) is 0 Å². The zero-order valence-corrected chi connectivity index (χ0v) is 14.5. The number of nitrogens with zero attached hydrogens (tertiary/aromatic N) is 1. The second kappa shape index (κ2) is 6.69. The highest BCUT2D eigenvalue weighted by atomic mass is 32.1. The first-order valence-electron chi connectivity index (χ1n) is 8.25. The third-order valence-electron chi connectivity index (χ3n) is 4.48. The maximum absolute atomic E-state index is 12.2. The van der Waals surface area contributed by atoms with Crippen LogP contribution in [0, 0.1) is 12.8 Å². The lowest BCUT2D eigenvalue weighted by molar-refractivity contribution is -0.122. The number of carbonyl (C=O) groups is 1. The molecular weight excluding hydrogens is 296 g/mol. The van der Waals surface area contributed by atoms with E-state index in [0.717, 1.165) is 32.6 Å². The molecule has 0 unspecified atom stereocenters. The van der Waals surface area contributed by atoms with Gasteiger partial charge in [-0.1, -0.05) is 0 Å². The van der Waals surface area contributed by atoms with E-state index < -0.39 is 0 Å². The molecule has 3 rings (SSSR count). The summed E-state index contributed by atoms with van der Waals surface area (Å²) in [6.45, 7) is 9.92. The van der Waals surface area contributed by atoms with Gasteiger partial charge in [-0.25, -0.2) is 0 Å². The third-order valence-corrected chi connectivity index (χ3v) is 5.61. The van der Waals surface area contributed by atoms with Gasteiger partial charge in [0.2, 0.25) is 5.91 Å². The number of hydrogen-bond donors (Lipinski definition) is 1. The van der Waals surface area contributed by atoms with Gasteiger partial charge in [0, 0.05) is 47.8 Å². The van der Waals surface area contributed by atoms with Gasteiger partial charge in [-0.3, -0.25) is 9.69 Å². The van der Waals surface area contributed by atoms with Gasteiger partial charge in [-0.05, 0) is 39.3 Å². The molecule has 0 radical (unpaired) electrons. The van der Waals surface area contributed by atoms with Gasteiger partial charge in [-0.2, -0.15) is 0 Å². The van der Waals surface area contributed by atoms with Crippen LogP contribution in [0.25, 0.3) is 0 Å². The quantitative estimate of drug-likeness (QED) is 0.905. The molecule has 1 aromatic heterocycles. The van der Waals surface area contributed by atoms with Gasteiger partial charge in [-0.15, -0.1) is 11.3 Å². The van der Waals surface area contributed by atoms with Crippen LogP contribution >= 0.6 is 11.3 Å². The molecule has 122 valence electrons. The molecule has 1 amide bonds. The van der Waals surface area contributed by atoms with Crippen molar-refractivity contribution < 1.29 is 9.53 Å². The summed E-state index contributed by atoms with van der Waals surface area (Å²) in [5.41, 5.74) is 0. The minimum absolute atomic E-state index is 0.195. The maximum atomic E-state index is 12.2. The Labute approximate surface area is 136 Å². The fraction of sp³-hybridized carbons (Fsp3) is 0.706. The zero-order chi connectivity index (χ0) is 15.7. The van der Waals surface area contributed by atoms with E-state index >= 15 is 0 Å². The summed E-state index contributed by atoms with van der Waals surface area (Å²) in [5, 5.41) is 3.11. The van der Waals surface area contributed by atoms with Gasteiger partial charge in [0.05, 0.1) is 12.2 Å². The molecule has 1 saturated carbocycles. The molecule has 2 heterocycles. The number of aryl methyl sites for hydroxylation is 1. The summed E-state index contributed by atoms with van der Waals surface area (Å²) < 4.78 is 5.73. The molecule has 1 saturated heterocycles. The SMILES string of the molecule is Cc1ccc([C@@H]2C[C@@H]2C(=O)NCCN2C[C@H](C)O[C@@H](C)C2)s1. The molecule has 0 spiro atoms. The van der Waals surface area contributed by atoms with Crippen LogP contribution < -0.4 is 5.32 Å². The van der Waals surface area contributed by atoms with Crippen LogP contribution in [0.4, 0.5) is 0 Å². The number of thiophene rings is 1. The number of hydrogen-bond acceptors (Lipinski definition) is 4. The summed E-state index contributed by atoms with van der Waals surface area (Å²) in [5.74, 6) is 0.883. The molecule has 4 nitrogen and oxygen atoms in total. The van der Waals surface area contributed by atoms with Crippen molar-refractivity contribution in [1.29, 1.82) is 0 Å². The second-order valence-corrected chi connectivity index (χ2v) is 8.02. The van der Waals surface area contributed by atoms with E-state index in [1.807, 2.05) is 11.3 Å². The largest absolute Gasteiger partial charge is 0.373 e. The molecule has 1 N–H and O–H groups in total. The Morgan fingerprint density at radius 1 is 1.36 bits per heavy atom. The van der Waals surface area contributed by atoms with Crippen LogP contribution in [0.3, 0.4) is 0 Å². The molecule has 22 heavy (non-hydrogen) atoms. The van der Waals surface area contributed by atoms with E-state index in [9.17, 15) is 4.79 Å². The first-order chi connectivity index (χ1) is 10.5. The smallest absolute Gasteiger partial charge is 0.223 e. The zero-order valence-electron chi connectivity index (χ0n) is 13.7. The highest BCUT2D eigenvalue weighted by molar-refractivity contribution is 7.12. The van der Waals surface area contributed by atoms with Gasteiger partial charge in [0.1, 0.15) is 0 Å². The summed E-state index contributed by atoms with van der Waals surface area (Å²) in [6.07, 6.45) is 1.58. The molecule has 2 aliphatic rings. The fourth-order valence-electron chi connectivity index (χ4n) is 3.39. The van der Waals surface area contributed by atoms with Gasteiger partial charge >= 0.3 is 0 Å². The number of amides is 1. The molecule has 2 fully saturated rings. The number of morpholine rings is 1. The highest BCUT2D eigenvalue weighted by Gasteiger charge is 2.44. The normalized spacial score (nSPS) is 32.0. The van der Waals surface area contributed by atoms with Crippen LogP contribution in [0.1, 0.15) is 35.9 Å². The van der Waals surface area contributed by atoms with Crippen molar-refractivity contribution in [2.75, 3.05) is 26.2 Å². The monoisotopic (exact) mass is 322 g/mol. The van der Waals surface area contributed by atoms with Crippen molar-refractivity contribution in [1.82, 2.24) is 10.2 Å². The average molecular weight is 322 g/mol. The van der Waals surface area contributed by atoms with Gasteiger partial charge < -0.3 is 10.1 Å². The van der Waals surface area contributed by atoms with Crippen LogP contribution in [-0.2, 0) is 9.53 Å². The number of rotatable bonds is 5. The first-order valence-corrected chi connectivity index (χ1v) is 9.06. The van der Waals surface area contributed by atoms with E-state index in [1.54, 1.807) is 0 Å². The predicted octanol–water partition coefficient (Wildman–Crippen LogP) is 2.39. The topological polar surface area (TPSA) is 41.6 Å². The fourth-order valence-corrected chi connectivity index (χ4v) is 4.44. The minimum Gasteiger partial charge on any atom is -0.373 e. The maximum Gasteiger partial charge on any atom is 0.223 e. The van der Waals surface area contributed by atoms with Crippen molar-refractivity contribution in [3.05, 3.63) is 21.9 Å². The van der Waals surface area contributed by atoms with Gasteiger partial charge in [0.25, 0.3) is 0 Å². The number of nitrogens with one attached hydrogen (secondary N) is 1. The molecular formula is C17H26N2O2S. The van der Waals surface area contributed by atoms with Crippen LogP contribution in [0.5, 0.6) is 0 Å². The lowest BCUT2D eigenvalue weighted by Crippen LogP contribution is -2.48. The number of carbonyl (C=O) groups excluding carboxylic acids is 1. The highest BCUT2D eigenvalue weighted by Crippen LogP contribution is 2.49. The predicted molar refractivity (Wildman–Crippen MR) is 89.4 cm³/mol. The van der Waals surface area contributed by atoms with E-state index in [-0.39, 0.29) is 24.0 Å². The Balaban J connectivity index is 1.38. The third kappa shape index (κ3) is 3.89. The molecule has 1 aliphatic carbocycles. The number of ether oxygens (including phenoxy) is 1.